The van der Waals surface area contributed by atoms with Crippen LogP contribution < -0.4 is 15.5 Å². The van der Waals surface area contributed by atoms with Crippen molar-refractivity contribution in [1.29, 1.82) is 0 Å². The number of aromatic nitrogens is 1. The number of carbonyl (C=O) groups is 1. The molecule has 1 aromatic heterocycles. The minimum Gasteiger partial charge on any atom is -0.353 e. The van der Waals surface area contributed by atoms with Crippen LogP contribution >= 0.6 is 0 Å². The average molecular weight is 342 g/mol. The predicted molar refractivity (Wildman–Crippen MR) is 97.1 cm³/mol. The smallest absolute Gasteiger partial charge is 0.221 e. The Morgan fingerprint density at radius 2 is 2.20 bits per heavy atom. The predicted octanol–water partition coefficient (Wildman–Crippen LogP) is 3.11. The Kier molecular flexibility index (Phi) is 5.28. The summed E-state index contributed by atoms with van der Waals surface area (Å²) in [6, 6.07) is 11.3. The van der Waals surface area contributed by atoms with Gasteiger partial charge in [-0.3, -0.25) is 4.79 Å². The third kappa shape index (κ3) is 4.33. The monoisotopic (exact) mass is 342 g/mol. The highest BCUT2D eigenvalue weighted by Crippen LogP contribution is 2.23. The van der Waals surface area contributed by atoms with Crippen LogP contribution in [0.2, 0.25) is 0 Å². The molecule has 2 aromatic rings. The van der Waals surface area contributed by atoms with E-state index in [2.05, 4.69) is 22.5 Å². The van der Waals surface area contributed by atoms with E-state index < -0.39 is 0 Å². The highest BCUT2D eigenvalue weighted by atomic mass is 19.1. The van der Waals surface area contributed by atoms with E-state index in [1.165, 1.54) is 13.0 Å². The number of pyridine rings is 1. The van der Waals surface area contributed by atoms with Crippen LogP contribution in [0.25, 0.3) is 0 Å². The zero-order valence-electron chi connectivity index (χ0n) is 14.5. The maximum absolute atomic E-state index is 13.9. The molecule has 0 radical (unpaired) electrons. The summed E-state index contributed by atoms with van der Waals surface area (Å²) >= 11 is 0. The number of nitrogens with one attached hydrogen (secondary N) is 2. The molecule has 25 heavy (non-hydrogen) atoms. The third-order valence-electron chi connectivity index (χ3n) is 4.42. The lowest BCUT2D eigenvalue weighted by Gasteiger charge is -2.22. The van der Waals surface area contributed by atoms with Gasteiger partial charge in [0.05, 0.1) is 0 Å². The van der Waals surface area contributed by atoms with E-state index in [1.807, 2.05) is 29.2 Å². The van der Waals surface area contributed by atoms with Gasteiger partial charge in [0.2, 0.25) is 5.91 Å². The average Bonchev–Trinajstić information content (AvgIpc) is 3.03. The van der Waals surface area contributed by atoms with E-state index in [0.29, 0.717) is 5.82 Å². The molecule has 0 unspecified atom stereocenters. The molecule has 1 saturated heterocycles. The van der Waals surface area contributed by atoms with Crippen molar-refractivity contribution in [3.8, 4) is 0 Å². The molecular formula is C19H23FN4O. The van der Waals surface area contributed by atoms with E-state index in [1.54, 1.807) is 12.3 Å². The summed E-state index contributed by atoms with van der Waals surface area (Å²) in [5.74, 6) is 0.0629. The fourth-order valence-electron chi connectivity index (χ4n) is 3.24. The molecule has 1 fully saturated rings. The molecular weight excluding hydrogens is 319 g/mol. The maximum Gasteiger partial charge on any atom is 0.221 e. The number of halogens is 1. The number of amides is 1. The first kappa shape index (κ1) is 17.4. The van der Waals surface area contributed by atoms with Crippen LogP contribution in [-0.2, 0) is 4.79 Å². The van der Waals surface area contributed by atoms with Crippen molar-refractivity contribution >= 4 is 17.4 Å². The lowest BCUT2D eigenvalue weighted by Crippen LogP contribution is -2.34. The quantitative estimate of drug-likeness (QED) is 0.877. The highest BCUT2D eigenvalue weighted by Gasteiger charge is 2.26. The van der Waals surface area contributed by atoms with E-state index in [9.17, 15) is 9.18 Å². The molecule has 2 N–H and O–H groups in total. The lowest BCUT2D eigenvalue weighted by atomic mass is 10.1. The minimum atomic E-state index is -0.279. The molecule has 3 rings (SSSR count). The summed E-state index contributed by atoms with van der Waals surface area (Å²) in [7, 11) is 0. The number of benzene rings is 1. The SMILES string of the molecule is CC(=O)Nc1cccc([C@H](C)N[C@H]2CCN(c3ncccc3F)C2)c1. The summed E-state index contributed by atoms with van der Waals surface area (Å²) in [5.41, 5.74) is 1.90. The normalized spacial score (nSPS) is 18.2. The van der Waals surface area contributed by atoms with Crippen molar-refractivity contribution in [2.45, 2.75) is 32.4 Å². The van der Waals surface area contributed by atoms with Crippen LogP contribution in [0.4, 0.5) is 15.9 Å². The van der Waals surface area contributed by atoms with Gasteiger partial charge in [0.1, 0.15) is 0 Å². The zero-order chi connectivity index (χ0) is 17.8. The zero-order valence-corrected chi connectivity index (χ0v) is 14.5. The third-order valence-corrected chi connectivity index (χ3v) is 4.42. The lowest BCUT2D eigenvalue weighted by molar-refractivity contribution is -0.114. The number of carbonyl (C=O) groups excluding carboxylic acids is 1. The van der Waals surface area contributed by atoms with Gasteiger partial charge < -0.3 is 15.5 Å². The summed E-state index contributed by atoms with van der Waals surface area (Å²) in [4.78, 5) is 17.3. The van der Waals surface area contributed by atoms with Gasteiger partial charge in [-0.05, 0) is 43.2 Å². The van der Waals surface area contributed by atoms with Crippen LogP contribution in [0.5, 0.6) is 0 Å². The van der Waals surface area contributed by atoms with Crippen LogP contribution in [0.3, 0.4) is 0 Å². The van der Waals surface area contributed by atoms with Gasteiger partial charge in [0, 0.05) is 44.0 Å². The van der Waals surface area contributed by atoms with Gasteiger partial charge in [0.25, 0.3) is 0 Å². The molecule has 0 saturated carbocycles. The molecule has 0 aliphatic carbocycles. The summed E-state index contributed by atoms with van der Waals surface area (Å²) in [6.07, 6.45) is 2.56. The first-order chi connectivity index (χ1) is 12.0. The number of hydrogen-bond acceptors (Lipinski definition) is 4. The van der Waals surface area contributed by atoms with Gasteiger partial charge in [-0.2, -0.15) is 0 Å². The highest BCUT2D eigenvalue weighted by molar-refractivity contribution is 5.88. The minimum absolute atomic E-state index is 0.0819. The van der Waals surface area contributed by atoms with Crippen molar-refractivity contribution in [3.63, 3.8) is 0 Å². The van der Waals surface area contributed by atoms with Crippen LogP contribution in [0, 0.1) is 5.82 Å². The molecule has 0 bridgehead atoms. The Labute approximate surface area is 147 Å². The van der Waals surface area contributed by atoms with Crippen molar-refractivity contribution in [2.24, 2.45) is 0 Å². The Balaban J connectivity index is 1.61. The fourth-order valence-corrected chi connectivity index (χ4v) is 3.24. The summed E-state index contributed by atoms with van der Waals surface area (Å²) in [6.45, 7) is 5.10. The molecule has 1 aromatic carbocycles. The number of hydrogen-bond donors (Lipinski definition) is 2. The number of nitrogens with zero attached hydrogens (tertiary/aromatic N) is 2. The van der Waals surface area contributed by atoms with E-state index in [4.69, 9.17) is 0 Å². The van der Waals surface area contributed by atoms with E-state index in [-0.39, 0.29) is 23.8 Å². The van der Waals surface area contributed by atoms with Crippen LogP contribution in [0.1, 0.15) is 31.9 Å². The molecule has 5 nitrogen and oxygen atoms in total. The van der Waals surface area contributed by atoms with Crippen LogP contribution in [-0.4, -0.2) is 30.0 Å². The number of anilines is 2. The topological polar surface area (TPSA) is 57.3 Å². The Morgan fingerprint density at radius 1 is 1.36 bits per heavy atom. The van der Waals surface area contributed by atoms with Crippen molar-refractivity contribution in [2.75, 3.05) is 23.3 Å². The van der Waals surface area contributed by atoms with Gasteiger partial charge in [-0.25, -0.2) is 9.37 Å². The van der Waals surface area contributed by atoms with Crippen molar-refractivity contribution in [1.82, 2.24) is 10.3 Å². The summed E-state index contributed by atoms with van der Waals surface area (Å²) < 4.78 is 13.9. The molecule has 1 amide bonds. The first-order valence-corrected chi connectivity index (χ1v) is 8.52. The molecule has 0 spiro atoms. The van der Waals surface area contributed by atoms with Gasteiger partial charge >= 0.3 is 0 Å². The van der Waals surface area contributed by atoms with E-state index >= 15 is 0 Å². The second kappa shape index (κ2) is 7.61. The van der Waals surface area contributed by atoms with E-state index in [0.717, 1.165) is 30.8 Å². The first-order valence-electron chi connectivity index (χ1n) is 8.52. The standard InChI is InChI=1S/C19H23FN4O/c1-13(15-5-3-6-16(11-15)23-14(2)25)22-17-8-10-24(12-17)19-18(20)7-4-9-21-19/h3-7,9,11,13,17,22H,8,10,12H2,1-2H3,(H,23,25)/t13-,17-/m0/s1. The van der Waals surface area contributed by atoms with Gasteiger partial charge in [-0.1, -0.05) is 12.1 Å². The maximum atomic E-state index is 13.9. The van der Waals surface area contributed by atoms with Crippen molar-refractivity contribution in [3.05, 3.63) is 54.0 Å². The van der Waals surface area contributed by atoms with Gasteiger partial charge in [-0.15, -0.1) is 0 Å². The Morgan fingerprint density at radius 3 is 2.96 bits per heavy atom. The second-order valence-electron chi connectivity index (χ2n) is 6.44. The molecule has 2 heterocycles. The second-order valence-corrected chi connectivity index (χ2v) is 6.44. The molecule has 1 aliphatic rings. The van der Waals surface area contributed by atoms with Crippen LogP contribution in [0.15, 0.2) is 42.6 Å². The fraction of sp³-hybridized carbons (Fsp3) is 0.368. The largest absolute Gasteiger partial charge is 0.353 e. The summed E-state index contributed by atoms with van der Waals surface area (Å²) in [5, 5.41) is 6.39. The molecule has 6 heteroatoms. The number of rotatable bonds is 5. The molecule has 132 valence electrons. The Bertz CT molecular complexity index is 752. The molecule has 2 atom stereocenters. The molecule has 1 aliphatic heterocycles. The van der Waals surface area contributed by atoms with Crippen molar-refractivity contribution < 1.29 is 9.18 Å². The van der Waals surface area contributed by atoms with Gasteiger partial charge in [0.15, 0.2) is 11.6 Å². The Hall–Kier alpha value is -2.47.